The van der Waals surface area contributed by atoms with E-state index >= 15 is 0 Å². The normalized spacial score (nSPS) is 10.9. The van der Waals surface area contributed by atoms with Crippen molar-refractivity contribution in [1.82, 2.24) is 15.0 Å². The van der Waals surface area contributed by atoms with Gasteiger partial charge in [-0.05, 0) is 83.2 Å². The summed E-state index contributed by atoms with van der Waals surface area (Å²) in [6, 6.07) is 42.3. The number of pyridine rings is 3. The maximum absolute atomic E-state index is 12.1. The quantitative estimate of drug-likeness (QED) is 0.174. The summed E-state index contributed by atoms with van der Waals surface area (Å²) >= 11 is 0. The summed E-state index contributed by atoms with van der Waals surface area (Å²) in [6.45, 7) is 0. The molecule has 0 aliphatic heterocycles. The number of aromatic nitrogens is 3. The number of carboxylic acids is 2. The summed E-state index contributed by atoms with van der Waals surface area (Å²) in [5.41, 5.74) is 6.20. The number of nitrogens with zero attached hydrogens (tertiary/aromatic N) is 4. The van der Waals surface area contributed by atoms with Crippen LogP contribution in [0.4, 0.5) is 17.1 Å². The molecule has 3 heterocycles. The number of rotatable bonds is 8. The van der Waals surface area contributed by atoms with Gasteiger partial charge in [-0.1, -0.05) is 66.7 Å². The Balaban J connectivity index is 1.35. The van der Waals surface area contributed by atoms with Gasteiger partial charge in [-0.3, -0.25) is 9.97 Å². The molecule has 0 radical (unpaired) electrons. The van der Waals surface area contributed by atoms with Crippen molar-refractivity contribution in [2.45, 2.75) is 0 Å². The zero-order valence-electron chi connectivity index (χ0n) is 24.9. The first kappa shape index (κ1) is 29.1. The molecule has 3 aromatic heterocycles. The monoisotopic (exact) mass is 614 g/mol. The van der Waals surface area contributed by atoms with Crippen molar-refractivity contribution in [3.05, 3.63) is 157 Å². The topological polar surface area (TPSA) is 117 Å². The van der Waals surface area contributed by atoms with E-state index in [4.69, 9.17) is 0 Å². The molecule has 4 aromatic carbocycles. The van der Waals surface area contributed by atoms with Gasteiger partial charge in [0, 0.05) is 29.2 Å². The first-order valence-electron chi connectivity index (χ1n) is 14.8. The van der Waals surface area contributed by atoms with Gasteiger partial charge >= 0.3 is 11.9 Å². The highest BCUT2D eigenvalue weighted by Gasteiger charge is 2.18. The number of aromatic carboxylic acids is 2. The Hall–Kier alpha value is -6.67. The van der Waals surface area contributed by atoms with E-state index in [1.165, 1.54) is 30.5 Å². The molecule has 0 aliphatic carbocycles. The lowest BCUT2D eigenvalue weighted by Crippen LogP contribution is -2.10. The molecule has 0 atom stereocenters. The highest BCUT2D eigenvalue weighted by Crippen LogP contribution is 2.41. The molecule has 226 valence electrons. The first-order chi connectivity index (χ1) is 23.0. The molecular weight excluding hydrogens is 588 g/mol. The summed E-state index contributed by atoms with van der Waals surface area (Å²) in [4.78, 5) is 39.4. The molecule has 0 bridgehead atoms. The molecule has 0 spiro atoms. The van der Waals surface area contributed by atoms with E-state index in [1.807, 2.05) is 60.7 Å². The van der Waals surface area contributed by atoms with Crippen molar-refractivity contribution >= 4 is 39.8 Å². The molecular formula is C39H26N4O4. The maximum atomic E-state index is 12.1. The third-order valence-electron chi connectivity index (χ3n) is 7.84. The van der Waals surface area contributed by atoms with E-state index in [0.29, 0.717) is 11.4 Å². The number of fused-ring (bicyclic) bond motifs is 1. The van der Waals surface area contributed by atoms with Crippen LogP contribution >= 0.6 is 0 Å². The summed E-state index contributed by atoms with van der Waals surface area (Å²) in [6.07, 6.45) is 3.03. The van der Waals surface area contributed by atoms with Gasteiger partial charge in [0.1, 0.15) is 0 Å². The Morgan fingerprint density at radius 3 is 1.70 bits per heavy atom. The van der Waals surface area contributed by atoms with Crippen LogP contribution in [0, 0.1) is 0 Å². The second kappa shape index (κ2) is 12.4. The Labute approximate surface area is 269 Å². The Kier molecular flexibility index (Phi) is 7.65. The molecule has 0 saturated heterocycles. The summed E-state index contributed by atoms with van der Waals surface area (Å²) in [7, 11) is 0. The number of para-hydroxylation sites is 2. The van der Waals surface area contributed by atoms with Crippen LogP contribution in [0.5, 0.6) is 0 Å². The van der Waals surface area contributed by atoms with Crippen molar-refractivity contribution in [2.75, 3.05) is 4.90 Å². The van der Waals surface area contributed by atoms with E-state index in [1.54, 1.807) is 6.20 Å². The van der Waals surface area contributed by atoms with Crippen LogP contribution < -0.4 is 4.90 Å². The molecule has 2 N–H and O–H groups in total. The number of hydrogen-bond donors (Lipinski definition) is 2. The molecule has 47 heavy (non-hydrogen) atoms. The Bertz CT molecular complexity index is 2230. The molecule has 7 aromatic rings. The van der Waals surface area contributed by atoms with Crippen molar-refractivity contribution in [1.29, 1.82) is 0 Å². The van der Waals surface area contributed by atoms with Gasteiger partial charge in [-0.15, -0.1) is 0 Å². The minimum atomic E-state index is -1.15. The van der Waals surface area contributed by atoms with Crippen LogP contribution in [0.3, 0.4) is 0 Å². The van der Waals surface area contributed by atoms with Crippen molar-refractivity contribution < 1.29 is 19.8 Å². The molecule has 0 unspecified atom stereocenters. The second-order valence-electron chi connectivity index (χ2n) is 10.8. The van der Waals surface area contributed by atoms with E-state index in [2.05, 4.69) is 68.4 Å². The SMILES string of the molecule is O=C(O)c1ccnc(-c2cc(C(=O)O)cc(-c3cc(-c4cccc5c(N(c6ccccc6)c6ccccc6)cccc45)ccn3)n2)c1. The minimum Gasteiger partial charge on any atom is -0.478 e. The van der Waals surface area contributed by atoms with Crippen molar-refractivity contribution in [3.63, 3.8) is 0 Å². The molecule has 0 fully saturated rings. The molecule has 0 aliphatic rings. The van der Waals surface area contributed by atoms with Gasteiger partial charge in [0.2, 0.25) is 0 Å². The van der Waals surface area contributed by atoms with Crippen LogP contribution in [-0.2, 0) is 0 Å². The van der Waals surface area contributed by atoms with E-state index in [-0.39, 0.29) is 22.5 Å². The smallest absolute Gasteiger partial charge is 0.335 e. The maximum Gasteiger partial charge on any atom is 0.335 e. The van der Waals surface area contributed by atoms with Crippen molar-refractivity contribution in [3.8, 4) is 33.9 Å². The van der Waals surface area contributed by atoms with Gasteiger partial charge in [0.05, 0.1) is 39.6 Å². The van der Waals surface area contributed by atoms with Gasteiger partial charge in [0.15, 0.2) is 0 Å². The second-order valence-corrected chi connectivity index (χ2v) is 10.8. The van der Waals surface area contributed by atoms with Gasteiger partial charge in [-0.25, -0.2) is 14.6 Å². The van der Waals surface area contributed by atoms with Crippen LogP contribution in [0.1, 0.15) is 20.7 Å². The zero-order chi connectivity index (χ0) is 32.3. The standard InChI is InChI=1S/C39H26N4O4/c44-38(45)26-18-20-41-34(22-26)36-24-27(39(46)47)23-35(42-36)33-21-25(17-19-40-33)30-13-7-15-32-31(30)14-8-16-37(32)43(28-9-3-1-4-10-28)29-11-5-2-6-12-29/h1-24H,(H,44,45)(H,46,47). The fourth-order valence-corrected chi connectivity index (χ4v) is 5.68. The van der Waals surface area contributed by atoms with E-state index < -0.39 is 11.9 Å². The van der Waals surface area contributed by atoms with Gasteiger partial charge in [0.25, 0.3) is 0 Å². The lowest BCUT2D eigenvalue weighted by atomic mass is 9.96. The van der Waals surface area contributed by atoms with E-state index in [9.17, 15) is 19.8 Å². The average molecular weight is 615 g/mol. The summed E-state index contributed by atoms with van der Waals surface area (Å²) in [5.74, 6) is -2.27. The molecule has 8 nitrogen and oxygen atoms in total. The van der Waals surface area contributed by atoms with Crippen LogP contribution in [0.15, 0.2) is 146 Å². The fraction of sp³-hybridized carbons (Fsp3) is 0. The predicted molar refractivity (Wildman–Crippen MR) is 182 cm³/mol. The van der Waals surface area contributed by atoms with Crippen LogP contribution in [0.25, 0.3) is 44.7 Å². The molecule has 0 amide bonds. The van der Waals surface area contributed by atoms with Gasteiger partial charge < -0.3 is 15.1 Å². The number of anilines is 3. The highest BCUT2D eigenvalue weighted by atomic mass is 16.4. The number of carbonyl (C=O) groups is 2. The zero-order valence-corrected chi connectivity index (χ0v) is 24.9. The molecule has 8 heteroatoms. The average Bonchev–Trinajstić information content (AvgIpc) is 3.12. The Morgan fingerprint density at radius 1 is 0.511 bits per heavy atom. The third-order valence-corrected chi connectivity index (χ3v) is 7.84. The first-order valence-corrected chi connectivity index (χ1v) is 14.8. The third kappa shape index (κ3) is 5.79. The van der Waals surface area contributed by atoms with Crippen molar-refractivity contribution in [2.24, 2.45) is 0 Å². The van der Waals surface area contributed by atoms with Crippen LogP contribution in [-0.4, -0.2) is 37.1 Å². The lowest BCUT2D eigenvalue weighted by Gasteiger charge is -2.27. The number of carboxylic acid groups (broad SMARTS) is 2. The van der Waals surface area contributed by atoms with E-state index in [0.717, 1.165) is 39.0 Å². The van der Waals surface area contributed by atoms with Crippen LogP contribution in [0.2, 0.25) is 0 Å². The number of benzene rings is 4. The molecule has 7 rings (SSSR count). The minimum absolute atomic E-state index is 0.0172. The lowest BCUT2D eigenvalue weighted by molar-refractivity contribution is 0.0686. The van der Waals surface area contributed by atoms with Gasteiger partial charge in [-0.2, -0.15) is 0 Å². The predicted octanol–water partition coefficient (Wildman–Crippen LogP) is 8.89. The fourth-order valence-electron chi connectivity index (χ4n) is 5.68. The summed E-state index contributed by atoms with van der Waals surface area (Å²) < 4.78 is 0. The molecule has 0 saturated carbocycles. The largest absolute Gasteiger partial charge is 0.478 e. The highest BCUT2D eigenvalue weighted by molar-refractivity contribution is 6.06. The Morgan fingerprint density at radius 2 is 1.06 bits per heavy atom. The summed E-state index contributed by atoms with van der Waals surface area (Å²) in [5, 5.41) is 21.4. The number of hydrogen-bond acceptors (Lipinski definition) is 6.